The summed E-state index contributed by atoms with van der Waals surface area (Å²) < 4.78 is 2.11. The average Bonchev–Trinajstić information content (AvgIpc) is 2.53. The van der Waals surface area contributed by atoms with Gasteiger partial charge >= 0.3 is 0 Å². The predicted molar refractivity (Wildman–Crippen MR) is 62.7 cm³/mol. The first kappa shape index (κ1) is 9.52. The standard InChI is InChI=1S/C9H7BrOS2/c10-7-3-8-5(1-2-13-8)9(12)6(7)4-11/h1-3,11-12H,4H2. The van der Waals surface area contributed by atoms with Crippen LogP contribution in [0.5, 0.6) is 0 Å². The lowest BCUT2D eigenvalue weighted by molar-refractivity contribution is 0.278. The Morgan fingerprint density at radius 1 is 1.54 bits per heavy atom. The van der Waals surface area contributed by atoms with Gasteiger partial charge in [-0.1, -0.05) is 15.9 Å². The Morgan fingerprint density at radius 2 is 2.31 bits per heavy atom. The summed E-state index contributed by atoms with van der Waals surface area (Å²) in [4.78, 5) is 0.869. The summed E-state index contributed by atoms with van der Waals surface area (Å²) in [5, 5.41) is 12.3. The number of thiophene rings is 1. The number of benzene rings is 1. The summed E-state index contributed by atoms with van der Waals surface area (Å²) in [6, 6.07) is 4.04. The maximum atomic E-state index is 9.12. The number of thiol groups is 1. The predicted octanol–water partition coefficient (Wildman–Crippen LogP) is 3.44. The Bertz CT molecular complexity index is 450. The molecular formula is C9H7BrOS2. The van der Waals surface area contributed by atoms with Gasteiger partial charge in [-0.15, -0.1) is 24.0 Å². The molecule has 0 saturated carbocycles. The molecule has 0 aliphatic carbocycles. The van der Waals surface area contributed by atoms with Crippen LogP contribution in [0.2, 0.25) is 0 Å². The van der Waals surface area contributed by atoms with Crippen molar-refractivity contribution in [3.05, 3.63) is 27.5 Å². The zero-order valence-electron chi connectivity index (χ0n) is 6.62. The third-order valence-electron chi connectivity index (χ3n) is 1.94. The van der Waals surface area contributed by atoms with Crippen LogP contribution in [-0.4, -0.2) is 5.11 Å². The summed E-state index contributed by atoms with van der Waals surface area (Å²) in [7, 11) is 0. The number of hydrogen-bond acceptors (Lipinski definition) is 3. The van der Waals surface area contributed by atoms with Gasteiger partial charge in [-0.05, 0) is 17.5 Å². The third kappa shape index (κ3) is 1.52. The second-order valence-electron chi connectivity index (χ2n) is 2.68. The van der Waals surface area contributed by atoms with Crippen molar-refractivity contribution in [2.75, 3.05) is 0 Å². The first-order chi connectivity index (χ1) is 6.24. The highest BCUT2D eigenvalue weighted by molar-refractivity contribution is 9.10. The molecule has 2 rings (SSSR count). The van der Waals surface area contributed by atoms with Gasteiger partial charge < -0.3 is 5.11 Å². The summed E-state index contributed by atoms with van der Waals surface area (Å²) in [5.41, 5.74) is 0.856. The van der Waals surface area contributed by atoms with Crippen LogP contribution in [0, 0.1) is 0 Å². The average molecular weight is 275 g/mol. The maximum absolute atomic E-state index is 9.12. The van der Waals surface area contributed by atoms with Crippen molar-refractivity contribution in [1.82, 2.24) is 0 Å². The normalized spacial score (nSPS) is 11.0. The van der Waals surface area contributed by atoms with Crippen LogP contribution in [0.4, 0.5) is 0 Å². The number of rotatable bonds is 1. The molecule has 0 atom stereocenters. The van der Waals surface area contributed by atoms with Crippen molar-refractivity contribution in [1.29, 1.82) is 0 Å². The second kappa shape index (κ2) is 3.61. The fourth-order valence-corrected chi connectivity index (χ4v) is 3.41. The van der Waals surface area contributed by atoms with E-state index in [2.05, 4.69) is 28.6 Å². The van der Waals surface area contributed by atoms with Gasteiger partial charge in [0.15, 0.2) is 0 Å². The van der Waals surface area contributed by atoms with E-state index < -0.39 is 0 Å². The molecule has 1 aromatic carbocycles. The van der Waals surface area contributed by atoms with Crippen molar-refractivity contribution < 1.29 is 5.11 Å². The van der Waals surface area contributed by atoms with Crippen molar-refractivity contribution in [2.24, 2.45) is 0 Å². The van der Waals surface area contributed by atoms with Crippen molar-refractivity contribution in [3.63, 3.8) is 0 Å². The van der Waals surface area contributed by atoms with Gasteiger partial charge in [-0.2, -0.15) is 0 Å². The molecule has 0 spiro atoms. The molecule has 1 aromatic heterocycles. The third-order valence-corrected chi connectivity index (χ3v) is 4.02. The molecule has 0 unspecified atom stereocenters. The van der Waals surface area contributed by atoms with E-state index in [0.717, 1.165) is 20.3 Å². The molecule has 4 heteroatoms. The molecule has 1 nitrogen and oxygen atoms in total. The summed E-state index contributed by atoms with van der Waals surface area (Å²) >= 11 is 9.48. The fraction of sp³-hybridized carbons (Fsp3) is 0.111. The molecule has 1 N–H and O–H groups in total. The lowest BCUT2D eigenvalue weighted by Gasteiger charge is -2.05. The van der Waals surface area contributed by atoms with Gasteiger partial charge in [0, 0.05) is 25.0 Å². The highest BCUT2D eigenvalue weighted by atomic mass is 79.9. The van der Waals surface area contributed by atoms with Crippen LogP contribution in [-0.2, 0) is 6.61 Å². The minimum absolute atomic E-state index is 0.0191. The Hall–Kier alpha value is -0.0300. The summed E-state index contributed by atoms with van der Waals surface area (Å²) in [6.45, 7) is 0.0191. The van der Waals surface area contributed by atoms with Crippen LogP contribution < -0.4 is 0 Å². The highest BCUT2D eigenvalue weighted by Gasteiger charge is 2.08. The fourth-order valence-electron chi connectivity index (χ4n) is 1.26. The number of halogens is 1. The summed E-state index contributed by atoms with van der Waals surface area (Å²) in [6.07, 6.45) is 0. The Labute approximate surface area is 93.9 Å². The molecule has 1 heterocycles. The molecule has 0 saturated heterocycles. The Balaban J connectivity index is 2.85. The molecular weight excluding hydrogens is 268 g/mol. The molecule has 68 valence electrons. The molecule has 13 heavy (non-hydrogen) atoms. The summed E-state index contributed by atoms with van der Waals surface area (Å²) in [5.74, 6) is 0. The number of aliphatic hydroxyl groups excluding tert-OH is 1. The van der Waals surface area contributed by atoms with Crippen LogP contribution in [0.3, 0.4) is 0 Å². The van der Waals surface area contributed by atoms with Crippen molar-refractivity contribution >= 4 is 50.0 Å². The SMILES string of the molecule is OCc1c(Br)cc2sccc2c1S. The Morgan fingerprint density at radius 3 is 3.00 bits per heavy atom. The van der Waals surface area contributed by atoms with Gasteiger partial charge in [0.2, 0.25) is 0 Å². The topological polar surface area (TPSA) is 20.2 Å². The minimum atomic E-state index is 0.0191. The second-order valence-corrected chi connectivity index (χ2v) is 4.93. The number of fused-ring (bicyclic) bond motifs is 1. The van der Waals surface area contributed by atoms with Crippen LogP contribution in [0.15, 0.2) is 26.9 Å². The van der Waals surface area contributed by atoms with Gasteiger partial charge in [-0.3, -0.25) is 0 Å². The van der Waals surface area contributed by atoms with Crippen molar-refractivity contribution in [2.45, 2.75) is 11.5 Å². The van der Waals surface area contributed by atoms with Crippen LogP contribution in [0.25, 0.3) is 10.1 Å². The Kier molecular flexibility index (Phi) is 2.65. The smallest absolute Gasteiger partial charge is 0.0704 e. The molecule has 0 fully saturated rings. The van der Waals surface area contributed by atoms with Crippen LogP contribution in [0.1, 0.15) is 5.56 Å². The van der Waals surface area contributed by atoms with E-state index in [1.807, 2.05) is 17.5 Å². The van der Waals surface area contributed by atoms with Gasteiger partial charge in [0.05, 0.1) is 6.61 Å². The van der Waals surface area contributed by atoms with Gasteiger partial charge in [0.1, 0.15) is 0 Å². The highest BCUT2D eigenvalue weighted by Crippen LogP contribution is 2.34. The monoisotopic (exact) mass is 274 g/mol. The molecule has 0 bridgehead atoms. The van der Waals surface area contributed by atoms with E-state index in [9.17, 15) is 0 Å². The van der Waals surface area contributed by atoms with E-state index >= 15 is 0 Å². The molecule has 0 amide bonds. The lowest BCUT2D eigenvalue weighted by atomic mass is 10.2. The van der Waals surface area contributed by atoms with Gasteiger partial charge in [0.25, 0.3) is 0 Å². The van der Waals surface area contributed by atoms with E-state index in [1.54, 1.807) is 11.3 Å². The number of hydrogen-bond donors (Lipinski definition) is 2. The zero-order valence-corrected chi connectivity index (χ0v) is 9.92. The lowest BCUT2D eigenvalue weighted by Crippen LogP contribution is -1.87. The van der Waals surface area contributed by atoms with E-state index in [0.29, 0.717) is 0 Å². The first-order valence-corrected chi connectivity index (χ1v) is 5.84. The molecule has 0 aliphatic heterocycles. The van der Waals surface area contributed by atoms with E-state index in [1.165, 1.54) is 4.70 Å². The quantitative estimate of drug-likeness (QED) is 0.764. The number of aliphatic hydroxyl groups is 1. The van der Waals surface area contributed by atoms with Crippen LogP contribution >= 0.6 is 39.9 Å². The van der Waals surface area contributed by atoms with E-state index in [-0.39, 0.29) is 6.61 Å². The molecule has 0 radical (unpaired) electrons. The van der Waals surface area contributed by atoms with Gasteiger partial charge in [-0.25, -0.2) is 0 Å². The molecule has 2 aromatic rings. The molecule has 0 aliphatic rings. The zero-order chi connectivity index (χ0) is 9.42. The largest absolute Gasteiger partial charge is 0.392 e. The first-order valence-electron chi connectivity index (χ1n) is 3.72. The van der Waals surface area contributed by atoms with Crippen molar-refractivity contribution in [3.8, 4) is 0 Å². The minimum Gasteiger partial charge on any atom is -0.392 e. The maximum Gasteiger partial charge on any atom is 0.0704 e. The van der Waals surface area contributed by atoms with E-state index in [4.69, 9.17) is 5.11 Å².